The molecule has 0 atom stereocenters. The lowest BCUT2D eigenvalue weighted by molar-refractivity contribution is -0.384. The summed E-state index contributed by atoms with van der Waals surface area (Å²) in [7, 11) is 0. The van der Waals surface area contributed by atoms with Crippen LogP contribution >= 0.6 is 0 Å². The standard InChI is InChI=1S/C18H17N3O7/c22-16(23)7-2-8-19-17(24)14(20-18(25)15-6-3-9-28-15)11-12-4-1-5-13(10-12)21(26)27/h1,3-6,9-11H,2,7-8H2,(H,19,24)(H,20,25)(H,22,23)/b14-11-. The molecule has 0 aliphatic rings. The topological polar surface area (TPSA) is 152 Å². The van der Waals surface area contributed by atoms with Gasteiger partial charge in [-0.1, -0.05) is 12.1 Å². The van der Waals surface area contributed by atoms with Gasteiger partial charge < -0.3 is 20.2 Å². The van der Waals surface area contributed by atoms with Crippen LogP contribution in [0.4, 0.5) is 5.69 Å². The van der Waals surface area contributed by atoms with Crippen LogP contribution in [0.25, 0.3) is 6.08 Å². The summed E-state index contributed by atoms with van der Waals surface area (Å²) in [6, 6.07) is 8.43. The van der Waals surface area contributed by atoms with Gasteiger partial charge in [-0.15, -0.1) is 0 Å². The zero-order valence-corrected chi connectivity index (χ0v) is 14.6. The van der Waals surface area contributed by atoms with Crippen LogP contribution in [-0.2, 0) is 9.59 Å². The number of hydrogen-bond acceptors (Lipinski definition) is 6. The molecule has 2 amide bonds. The van der Waals surface area contributed by atoms with E-state index in [-0.39, 0.29) is 36.5 Å². The van der Waals surface area contributed by atoms with Crippen molar-refractivity contribution < 1.29 is 28.8 Å². The van der Waals surface area contributed by atoms with Gasteiger partial charge in [0.2, 0.25) is 0 Å². The van der Waals surface area contributed by atoms with Gasteiger partial charge in [0.1, 0.15) is 5.70 Å². The number of aliphatic carboxylic acids is 1. The van der Waals surface area contributed by atoms with Gasteiger partial charge in [-0.25, -0.2) is 0 Å². The molecule has 2 rings (SSSR count). The fourth-order valence-electron chi connectivity index (χ4n) is 2.18. The molecule has 0 unspecified atom stereocenters. The van der Waals surface area contributed by atoms with Crippen LogP contribution in [-0.4, -0.2) is 34.4 Å². The molecule has 146 valence electrons. The second kappa shape index (κ2) is 9.67. The van der Waals surface area contributed by atoms with Crippen LogP contribution in [0.15, 0.2) is 52.8 Å². The Labute approximate surface area is 159 Å². The first-order chi connectivity index (χ1) is 13.4. The largest absolute Gasteiger partial charge is 0.481 e. The van der Waals surface area contributed by atoms with Crippen molar-refractivity contribution in [2.45, 2.75) is 12.8 Å². The maximum Gasteiger partial charge on any atom is 0.303 e. The lowest BCUT2D eigenvalue weighted by Crippen LogP contribution is -2.35. The smallest absolute Gasteiger partial charge is 0.303 e. The number of furan rings is 1. The first kappa shape index (κ1) is 20.4. The zero-order valence-electron chi connectivity index (χ0n) is 14.6. The highest BCUT2D eigenvalue weighted by molar-refractivity contribution is 6.04. The number of carbonyl (C=O) groups is 3. The number of non-ortho nitro benzene ring substituents is 1. The number of nitrogens with one attached hydrogen (secondary N) is 2. The van der Waals surface area contributed by atoms with E-state index in [1.165, 1.54) is 48.7 Å². The van der Waals surface area contributed by atoms with Crippen molar-refractivity contribution in [2.24, 2.45) is 0 Å². The normalized spacial score (nSPS) is 10.9. The monoisotopic (exact) mass is 387 g/mol. The Bertz CT molecular complexity index is 904. The van der Waals surface area contributed by atoms with Crippen molar-refractivity contribution >= 4 is 29.5 Å². The van der Waals surface area contributed by atoms with Crippen molar-refractivity contribution in [1.82, 2.24) is 10.6 Å². The van der Waals surface area contributed by atoms with Crippen LogP contribution < -0.4 is 10.6 Å². The second-order valence-corrected chi connectivity index (χ2v) is 5.59. The van der Waals surface area contributed by atoms with E-state index in [1.807, 2.05) is 0 Å². The van der Waals surface area contributed by atoms with Crippen molar-refractivity contribution in [3.05, 3.63) is 69.8 Å². The Balaban J connectivity index is 2.20. The number of hydrogen-bond donors (Lipinski definition) is 3. The summed E-state index contributed by atoms with van der Waals surface area (Å²) in [6.07, 6.45) is 2.66. The Morgan fingerprint density at radius 2 is 2.00 bits per heavy atom. The number of nitrogens with zero attached hydrogens (tertiary/aromatic N) is 1. The van der Waals surface area contributed by atoms with Gasteiger partial charge >= 0.3 is 5.97 Å². The Kier molecular flexibility index (Phi) is 7.03. The maximum atomic E-state index is 12.4. The highest BCUT2D eigenvalue weighted by Crippen LogP contribution is 2.15. The van der Waals surface area contributed by atoms with Gasteiger partial charge in [0, 0.05) is 25.1 Å². The molecule has 10 nitrogen and oxygen atoms in total. The van der Waals surface area contributed by atoms with E-state index in [0.717, 1.165) is 0 Å². The van der Waals surface area contributed by atoms with Gasteiger partial charge in [0.05, 0.1) is 11.2 Å². The molecule has 10 heteroatoms. The zero-order chi connectivity index (χ0) is 20.5. The van der Waals surface area contributed by atoms with Crippen molar-refractivity contribution in [3.8, 4) is 0 Å². The number of benzene rings is 1. The molecule has 1 aromatic carbocycles. The van der Waals surface area contributed by atoms with Gasteiger partial charge in [0.25, 0.3) is 17.5 Å². The SMILES string of the molecule is O=C(O)CCCNC(=O)/C(=C/c1cccc([N+](=O)[O-])c1)NC(=O)c1ccco1. The molecule has 0 fully saturated rings. The van der Waals surface area contributed by atoms with E-state index < -0.39 is 22.7 Å². The second-order valence-electron chi connectivity index (χ2n) is 5.59. The number of carboxylic acids is 1. The highest BCUT2D eigenvalue weighted by Gasteiger charge is 2.17. The van der Waals surface area contributed by atoms with Gasteiger partial charge in [-0.2, -0.15) is 0 Å². The fourth-order valence-corrected chi connectivity index (χ4v) is 2.18. The minimum absolute atomic E-state index is 0.0244. The van der Waals surface area contributed by atoms with Crippen molar-refractivity contribution in [2.75, 3.05) is 6.54 Å². The van der Waals surface area contributed by atoms with Crippen LogP contribution in [0, 0.1) is 10.1 Å². The summed E-state index contributed by atoms with van der Waals surface area (Å²) < 4.78 is 4.98. The van der Waals surface area contributed by atoms with Crippen LogP contribution in [0.1, 0.15) is 29.0 Å². The van der Waals surface area contributed by atoms with E-state index in [2.05, 4.69) is 10.6 Å². The number of rotatable bonds is 9. The molecule has 0 aliphatic heterocycles. The number of nitro benzene ring substituents is 1. The predicted molar refractivity (Wildman–Crippen MR) is 97.1 cm³/mol. The molecular formula is C18H17N3O7. The number of amides is 2. The molecule has 28 heavy (non-hydrogen) atoms. The van der Waals surface area contributed by atoms with Gasteiger partial charge in [0.15, 0.2) is 5.76 Å². The molecule has 0 bridgehead atoms. The fraction of sp³-hybridized carbons (Fsp3) is 0.167. The van der Waals surface area contributed by atoms with Crippen LogP contribution in [0.5, 0.6) is 0 Å². The molecule has 3 N–H and O–H groups in total. The third kappa shape index (κ3) is 6.09. The summed E-state index contributed by atoms with van der Waals surface area (Å²) in [5, 5.41) is 24.4. The van der Waals surface area contributed by atoms with Crippen LogP contribution in [0.3, 0.4) is 0 Å². The first-order valence-electron chi connectivity index (χ1n) is 8.18. The van der Waals surface area contributed by atoms with E-state index in [1.54, 1.807) is 0 Å². The Morgan fingerprint density at radius 1 is 1.21 bits per heavy atom. The molecule has 1 heterocycles. The van der Waals surface area contributed by atoms with Crippen molar-refractivity contribution in [1.29, 1.82) is 0 Å². The lowest BCUT2D eigenvalue weighted by Gasteiger charge is -2.10. The Morgan fingerprint density at radius 3 is 2.64 bits per heavy atom. The molecule has 0 radical (unpaired) electrons. The van der Waals surface area contributed by atoms with E-state index >= 15 is 0 Å². The molecule has 2 aromatic rings. The van der Waals surface area contributed by atoms with Crippen LogP contribution in [0.2, 0.25) is 0 Å². The number of carbonyl (C=O) groups excluding carboxylic acids is 2. The summed E-state index contributed by atoms with van der Waals surface area (Å²) in [6.45, 7) is 0.0774. The van der Waals surface area contributed by atoms with E-state index in [0.29, 0.717) is 5.56 Å². The average Bonchev–Trinajstić information content (AvgIpc) is 3.19. The third-order valence-electron chi connectivity index (χ3n) is 3.48. The highest BCUT2D eigenvalue weighted by atomic mass is 16.6. The first-order valence-corrected chi connectivity index (χ1v) is 8.18. The summed E-state index contributed by atoms with van der Waals surface area (Å²) in [5.41, 5.74) is -0.0193. The average molecular weight is 387 g/mol. The number of carboxylic acid groups (broad SMARTS) is 1. The Hall–Kier alpha value is -3.95. The predicted octanol–water partition coefficient (Wildman–Crippen LogP) is 1.94. The van der Waals surface area contributed by atoms with E-state index in [4.69, 9.17) is 9.52 Å². The minimum Gasteiger partial charge on any atom is -0.481 e. The number of nitro groups is 1. The van der Waals surface area contributed by atoms with Gasteiger partial charge in [-0.05, 0) is 30.2 Å². The minimum atomic E-state index is -0.993. The molecule has 0 saturated carbocycles. The maximum absolute atomic E-state index is 12.4. The molecule has 1 aromatic heterocycles. The molecule has 0 aliphatic carbocycles. The van der Waals surface area contributed by atoms with Gasteiger partial charge in [-0.3, -0.25) is 24.5 Å². The summed E-state index contributed by atoms with van der Waals surface area (Å²) >= 11 is 0. The summed E-state index contributed by atoms with van der Waals surface area (Å²) in [4.78, 5) is 45.5. The molecule has 0 saturated heterocycles. The lowest BCUT2D eigenvalue weighted by atomic mass is 10.1. The van der Waals surface area contributed by atoms with E-state index in [9.17, 15) is 24.5 Å². The third-order valence-corrected chi connectivity index (χ3v) is 3.48. The summed E-state index contributed by atoms with van der Waals surface area (Å²) in [5.74, 6) is -2.37. The quantitative estimate of drug-likeness (QED) is 0.257. The molecule has 0 spiro atoms. The van der Waals surface area contributed by atoms with Crippen molar-refractivity contribution in [3.63, 3.8) is 0 Å². The molecular weight excluding hydrogens is 370 g/mol.